The zero-order valence-corrected chi connectivity index (χ0v) is 7.99. The van der Waals surface area contributed by atoms with Gasteiger partial charge in [0, 0.05) is 18.4 Å². The second kappa shape index (κ2) is 3.27. The van der Waals surface area contributed by atoms with Gasteiger partial charge >= 0.3 is 0 Å². The van der Waals surface area contributed by atoms with Gasteiger partial charge in [-0.2, -0.15) is 5.10 Å². The van der Waals surface area contributed by atoms with Gasteiger partial charge in [0.2, 0.25) is 0 Å². The molecule has 0 bridgehead atoms. The van der Waals surface area contributed by atoms with Gasteiger partial charge in [-0.25, -0.2) is 0 Å². The highest BCUT2D eigenvalue weighted by atomic mass is 15.3. The minimum Gasteiger partial charge on any atom is -0.326 e. The van der Waals surface area contributed by atoms with Crippen LogP contribution in [0, 0.1) is 5.41 Å². The number of hydrogen-bond acceptors (Lipinski definition) is 2. The lowest BCUT2D eigenvalue weighted by atomic mass is 9.87. The summed E-state index contributed by atoms with van der Waals surface area (Å²) in [6, 6.07) is 2.06. The molecule has 1 heterocycles. The zero-order chi connectivity index (χ0) is 9.19. The molecule has 3 heteroatoms. The van der Waals surface area contributed by atoms with E-state index in [1.165, 1.54) is 0 Å². The molecular weight excluding hydrogens is 150 g/mol. The molecule has 1 rings (SSSR count). The monoisotopic (exact) mass is 167 g/mol. The van der Waals surface area contributed by atoms with E-state index in [0.717, 1.165) is 6.54 Å². The van der Waals surface area contributed by atoms with Crippen LogP contribution in [0.25, 0.3) is 0 Å². The molecule has 0 fully saturated rings. The van der Waals surface area contributed by atoms with Gasteiger partial charge < -0.3 is 5.73 Å². The summed E-state index contributed by atoms with van der Waals surface area (Å²) < 4.78 is 1.87. The first-order chi connectivity index (χ1) is 5.50. The lowest BCUT2D eigenvalue weighted by molar-refractivity contribution is 0.283. The van der Waals surface area contributed by atoms with E-state index < -0.39 is 0 Å². The first kappa shape index (κ1) is 9.26. The van der Waals surface area contributed by atoms with E-state index >= 15 is 0 Å². The number of rotatable bonds is 2. The normalized spacial score (nSPS) is 14.7. The second-order valence-electron chi connectivity index (χ2n) is 4.20. The highest BCUT2D eigenvalue weighted by Gasteiger charge is 2.20. The first-order valence-corrected chi connectivity index (χ1v) is 4.23. The number of nitrogens with two attached hydrogens (primary N) is 1. The molecule has 68 valence electrons. The number of hydrogen-bond donors (Lipinski definition) is 1. The quantitative estimate of drug-likeness (QED) is 0.720. The Bertz CT molecular complexity index is 220. The van der Waals surface area contributed by atoms with E-state index in [0.29, 0.717) is 0 Å². The predicted octanol–water partition coefficient (Wildman–Crippen LogP) is 1.26. The van der Waals surface area contributed by atoms with Crippen LogP contribution >= 0.6 is 0 Å². The average Bonchev–Trinajstić information content (AvgIpc) is 2.37. The van der Waals surface area contributed by atoms with Gasteiger partial charge in [0.1, 0.15) is 0 Å². The first-order valence-electron chi connectivity index (χ1n) is 4.23. The molecule has 0 amide bonds. The lowest BCUT2D eigenvalue weighted by Crippen LogP contribution is -2.38. The third-order valence-corrected chi connectivity index (χ3v) is 2.06. The fraction of sp³-hybridized carbons (Fsp3) is 0.667. The van der Waals surface area contributed by atoms with Crippen molar-refractivity contribution in [3.8, 4) is 0 Å². The molecule has 0 unspecified atom stereocenters. The zero-order valence-electron chi connectivity index (χ0n) is 7.99. The lowest BCUT2D eigenvalue weighted by Gasteiger charge is -2.26. The fourth-order valence-corrected chi connectivity index (χ4v) is 0.884. The Kier molecular flexibility index (Phi) is 2.52. The molecule has 0 spiro atoms. The van der Waals surface area contributed by atoms with Gasteiger partial charge in [-0.1, -0.05) is 20.8 Å². The summed E-state index contributed by atoms with van der Waals surface area (Å²) in [5.74, 6) is 0. The van der Waals surface area contributed by atoms with Crippen LogP contribution in [0.4, 0.5) is 0 Å². The van der Waals surface area contributed by atoms with Gasteiger partial charge in [-0.15, -0.1) is 0 Å². The molecule has 1 aromatic heterocycles. The highest BCUT2D eigenvalue weighted by molar-refractivity contribution is 4.82. The summed E-state index contributed by atoms with van der Waals surface area (Å²) in [5, 5.41) is 4.11. The number of nitrogens with zero attached hydrogens (tertiary/aromatic N) is 2. The molecule has 12 heavy (non-hydrogen) atoms. The van der Waals surface area contributed by atoms with Crippen molar-refractivity contribution in [2.45, 2.75) is 33.4 Å². The van der Waals surface area contributed by atoms with Gasteiger partial charge in [0.25, 0.3) is 0 Å². The summed E-state index contributed by atoms with van der Waals surface area (Å²) in [4.78, 5) is 0. The molecule has 0 radical (unpaired) electrons. The van der Waals surface area contributed by atoms with E-state index in [-0.39, 0.29) is 11.5 Å². The van der Waals surface area contributed by atoms with Crippen molar-refractivity contribution in [1.29, 1.82) is 0 Å². The van der Waals surface area contributed by atoms with Crippen molar-refractivity contribution in [1.82, 2.24) is 9.78 Å². The van der Waals surface area contributed by atoms with Crippen molar-refractivity contribution in [3.63, 3.8) is 0 Å². The summed E-state index contributed by atoms with van der Waals surface area (Å²) in [6.07, 6.45) is 3.71. The molecule has 1 atom stereocenters. The van der Waals surface area contributed by atoms with Crippen LogP contribution < -0.4 is 5.73 Å². The maximum Gasteiger partial charge on any atom is 0.0565 e. The maximum atomic E-state index is 5.98. The minimum atomic E-state index is 0.145. The van der Waals surface area contributed by atoms with Crippen molar-refractivity contribution in [3.05, 3.63) is 18.5 Å². The SMILES string of the molecule is CC(C)(C)[C@@H](N)Cn1cccn1. The topological polar surface area (TPSA) is 43.8 Å². The molecule has 0 aliphatic carbocycles. The van der Waals surface area contributed by atoms with E-state index in [1.807, 2.05) is 16.9 Å². The van der Waals surface area contributed by atoms with Crippen LogP contribution in [-0.2, 0) is 6.54 Å². The van der Waals surface area contributed by atoms with Crippen molar-refractivity contribution >= 4 is 0 Å². The van der Waals surface area contributed by atoms with Gasteiger partial charge in [0.15, 0.2) is 0 Å². The predicted molar refractivity (Wildman–Crippen MR) is 49.7 cm³/mol. The minimum absolute atomic E-state index is 0.145. The van der Waals surface area contributed by atoms with E-state index in [4.69, 9.17) is 5.73 Å². The van der Waals surface area contributed by atoms with Crippen LogP contribution in [0.15, 0.2) is 18.5 Å². The maximum absolute atomic E-state index is 5.98. The van der Waals surface area contributed by atoms with Crippen LogP contribution in [-0.4, -0.2) is 15.8 Å². The second-order valence-corrected chi connectivity index (χ2v) is 4.20. The highest BCUT2D eigenvalue weighted by Crippen LogP contribution is 2.18. The van der Waals surface area contributed by atoms with Crippen LogP contribution in [0.3, 0.4) is 0 Å². The Labute approximate surface area is 73.6 Å². The van der Waals surface area contributed by atoms with Gasteiger partial charge in [0.05, 0.1) is 6.54 Å². The Balaban J connectivity index is 2.53. The molecule has 3 nitrogen and oxygen atoms in total. The fourth-order valence-electron chi connectivity index (χ4n) is 0.884. The molecule has 2 N–H and O–H groups in total. The Morgan fingerprint density at radius 1 is 1.50 bits per heavy atom. The third-order valence-electron chi connectivity index (χ3n) is 2.06. The van der Waals surface area contributed by atoms with Crippen LogP contribution in [0.1, 0.15) is 20.8 Å². The number of aromatic nitrogens is 2. The largest absolute Gasteiger partial charge is 0.326 e. The Morgan fingerprint density at radius 2 is 2.17 bits per heavy atom. The molecule has 0 aromatic carbocycles. The van der Waals surface area contributed by atoms with Crippen molar-refractivity contribution in [2.24, 2.45) is 11.1 Å². The van der Waals surface area contributed by atoms with E-state index in [9.17, 15) is 0 Å². The molecule has 0 aliphatic heterocycles. The molecule has 1 aromatic rings. The van der Waals surface area contributed by atoms with Crippen molar-refractivity contribution < 1.29 is 0 Å². The Morgan fingerprint density at radius 3 is 2.58 bits per heavy atom. The van der Waals surface area contributed by atoms with Crippen LogP contribution in [0.2, 0.25) is 0 Å². The molecular formula is C9H17N3. The average molecular weight is 167 g/mol. The van der Waals surface area contributed by atoms with Gasteiger partial charge in [-0.05, 0) is 11.5 Å². The summed E-state index contributed by atoms with van der Waals surface area (Å²) in [6.45, 7) is 7.21. The summed E-state index contributed by atoms with van der Waals surface area (Å²) in [5.41, 5.74) is 6.13. The van der Waals surface area contributed by atoms with E-state index in [1.54, 1.807) is 6.20 Å². The molecule has 0 saturated carbocycles. The summed E-state index contributed by atoms with van der Waals surface area (Å²) in [7, 11) is 0. The summed E-state index contributed by atoms with van der Waals surface area (Å²) >= 11 is 0. The molecule has 0 saturated heterocycles. The smallest absolute Gasteiger partial charge is 0.0565 e. The van der Waals surface area contributed by atoms with Crippen molar-refractivity contribution in [2.75, 3.05) is 0 Å². The standard InChI is InChI=1S/C9H17N3/c1-9(2,3)8(10)7-12-6-4-5-11-12/h4-6,8H,7,10H2,1-3H3/t8-/m0/s1. The third kappa shape index (κ3) is 2.34. The Hall–Kier alpha value is -0.830. The molecule has 0 aliphatic rings. The van der Waals surface area contributed by atoms with E-state index in [2.05, 4.69) is 25.9 Å². The van der Waals surface area contributed by atoms with Crippen LogP contribution in [0.5, 0.6) is 0 Å². The van der Waals surface area contributed by atoms with Gasteiger partial charge in [-0.3, -0.25) is 4.68 Å².